The molecule has 0 aromatic heterocycles. The van der Waals surface area contributed by atoms with E-state index in [0.717, 1.165) is 37.4 Å². The molecule has 21 heavy (non-hydrogen) atoms. The van der Waals surface area contributed by atoms with Crippen LogP contribution in [0, 0.1) is 5.92 Å². The summed E-state index contributed by atoms with van der Waals surface area (Å²) in [5.74, 6) is 1.61. The van der Waals surface area contributed by atoms with Gasteiger partial charge in [0.15, 0.2) is 0 Å². The summed E-state index contributed by atoms with van der Waals surface area (Å²) < 4.78 is 10.7. The highest BCUT2D eigenvalue weighted by atomic mass is 16.5. The van der Waals surface area contributed by atoms with E-state index >= 15 is 0 Å². The van der Waals surface area contributed by atoms with Crippen molar-refractivity contribution in [2.24, 2.45) is 5.92 Å². The quantitative estimate of drug-likeness (QED) is 0.719. The number of aromatic hydroxyl groups is 1. The van der Waals surface area contributed by atoms with Crippen molar-refractivity contribution in [2.75, 3.05) is 33.4 Å². The smallest absolute Gasteiger partial charge is 0.123 e. The minimum absolute atomic E-state index is 0.301. The Kier molecular flexibility index (Phi) is 8.16. The first-order valence-electron chi connectivity index (χ1n) is 7.72. The number of hydrogen-bond acceptors (Lipinski definition) is 4. The highest BCUT2D eigenvalue weighted by Crippen LogP contribution is 2.25. The number of methoxy groups -OCH3 is 1. The van der Waals surface area contributed by atoms with Crippen molar-refractivity contribution in [1.29, 1.82) is 0 Å². The fourth-order valence-corrected chi connectivity index (χ4v) is 2.20. The number of rotatable bonds is 10. The topological polar surface area (TPSA) is 41.9 Å². The van der Waals surface area contributed by atoms with E-state index < -0.39 is 0 Å². The molecule has 1 aromatic rings. The van der Waals surface area contributed by atoms with Gasteiger partial charge in [0, 0.05) is 38.4 Å². The van der Waals surface area contributed by atoms with E-state index in [4.69, 9.17) is 9.47 Å². The summed E-state index contributed by atoms with van der Waals surface area (Å²) in [5, 5.41) is 10.2. The zero-order chi connectivity index (χ0) is 15.7. The van der Waals surface area contributed by atoms with E-state index in [2.05, 4.69) is 25.7 Å². The van der Waals surface area contributed by atoms with Gasteiger partial charge >= 0.3 is 0 Å². The molecule has 0 fully saturated rings. The van der Waals surface area contributed by atoms with Crippen LogP contribution in [0.2, 0.25) is 0 Å². The SMILES string of the molecule is CCCOc1ccc(CN(CCOC)CC(C)C)c(O)c1. The lowest BCUT2D eigenvalue weighted by Gasteiger charge is -2.24. The summed E-state index contributed by atoms with van der Waals surface area (Å²) in [6.45, 7) is 10.4. The summed E-state index contributed by atoms with van der Waals surface area (Å²) in [6, 6.07) is 5.57. The highest BCUT2D eigenvalue weighted by molar-refractivity contribution is 5.39. The molecule has 4 nitrogen and oxygen atoms in total. The molecule has 120 valence electrons. The third-order valence-corrected chi connectivity index (χ3v) is 3.16. The van der Waals surface area contributed by atoms with Gasteiger partial charge in [-0.2, -0.15) is 0 Å². The molecular formula is C17H29NO3. The van der Waals surface area contributed by atoms with Gasteiger partial charge in [0.2, 0.25) is 0 Å². The third kappa shape index (κ3) is 6.82. The van der Waals surface area contributed by atoms with Crippen molar-refractivity contribution in [3.05, 3.63) is 23.8 Å². The maximum Gasteiger partial charge on any atom is 0.123 e. The van der Waals surface area contributed by atoms with E-state index in [-0.39, 0.29) is 0 Å². The van der Waals surface area contributed by atoms with Gasteiger partial charge in [-0.25, -0.2) is 0 Å². The molecule has 0 aliphatic rings. The van der Waals surface area contributed by atoms with Crippen molar-refractivity contribution >= 4 is 0 Å². The summed E-state index contributed by atoms with van der Waals surface area (Å²) in [6.07, 6.45) is 0.960. The van der Waals surface area contributed by atoms with Gasteiger partial charge < -0.3 is 14.6 Å². The number of hydrogen-bond donors (Lipinski definition) is 1. The Labute approximate surface area is 128 Å². The van der Waals surface area contributed by atoms with Crippen LogP contribution >= 0.6 is 0 Å². The van der Waals surface area contributed by atoms with Crippen LogP contribution in [0.4, 0.5) is 0 Å². The molecule has 0 unspecified atom stereocenters. The Morgan fingerprint density at radius 1 is 1.24 bits per heavy atom. The molecule has 4 heteroatoms. The van der Waals surface area contributed by atoms with Gasteiger partial charge in [0.05, 0.1) is 13.2 Å². The van der Waals surface area contributed by atoms with Crippen LogP contribution in [0.1, 0.15) is 32.8 Å². The number of nitrogens with zero attached hydrogens (tertiary/aromatic N) is 1. The van der Waals surface area contributed by atoms with Crippen LogP contribution < -0.4 is 4.74 Å². The molecule has 0 heterocycles. The van der Waals surface area contributed by atoms with Crippen LogP contribution in [0.3, 0.4) is 0 Å². The van der Waals surface area contributed by atoms with E-state index in [9.17, 15) is 5.11 Å². The normalized spacial score (nSPS) is 11.3. The summed E-state index contributed by atoms with van der Waals surface area (Å²) in [7, 11) is 1.71. The molecule has 1 N–H and O–H groups in total. The molecule has 0 radical (unpaired) electrons. The number of phenols is 1. The van der Waals surface area contributed by atoms with Crippen molar-refractivity contribution in [1.82, 2.24) is 4.90 Å². The second-order valence-corrected chi connectivity index (χ2v) is 5.76. The largest absolute Gasteiger partial charge is 0.507 e. The molecule has 0 saturated heterocycles. The zero-order valence-corrected chi connectivity index (χ0v) is 13.8. The highest BCUT2D eigenvalue weighted by Gasteiger charge is 2.11. The summed E-state index contributed by atoms with van der Waals surface area (Å²) in [5.41, 5.74) is 0.926. The molecule has 1 aromatic carbocycles. The second-order valence-electron chi connectivity index (χ2n) is 5.76. The lowest BCUT2D eigenvalue weighted by atomic mass is 10.1. The lowest BCUT2D eigenvalue weighted by Crippen LogP contribution is -2.30. The first kappa shape index (κ1) is 17.8. The van der Waals surface area contributed by atoms with Crippen molar-refractivity contribution in [3.63, 3.8) is 0 Å². The van der Waals surface area contributed by atoms with Gasteiger partial charge in [0.1, 0.15) is 11.5 Å². The molecule has 1 rings (SSSR count). The van der Waals surface area contributed by atoms with Crippen molar-refractivity contribution in [2.45, 2.75) is 33.7 Å². The number of ether oxygens (including phenoxy) is 2. The molecule has 0 atom stereocenters. The predicted octanol–water partition coefficient (Wildman–Crippen LogP) is 3.29. The minimum atomic E-state index is 0.301. The predicted molar refractivity (Wildman–Crippen MR) is 85.9 cm³/mol. The fraction of sp³-hybridized carbons (Fsp3) is 0.647. The number of phenolic OH excluding ortho intramolecular Hbond substituents is 1. The van der Waals surface area contributed by atoms with Crippen molar-refractivity contribution in [3.8, 4) is 11.5 Å². The Hall–Kier alpha value is -1.26. The van der Waals surface area contributed by atoms with Crippen LogP contribution in [0.5, 0.6) is 11.5 Å². The van der Waals surface area contributed by atoms with Crippen molar-refractivity contribution < 1.29 is 14.6 Å². The van der Waals surface area contributed by atoms with E-state index in [1.165, 1.54) is 0 Å². The Morgan fingerprint density at radius 2 is 2.00 bits per heavy atom. The molecular weight excluding hydrogens is 266 g/mol. The lowest BCUT2D eigenvalue weighted by molar-refractivity contribution is 0.135. The van der Waals surface area contributed by atoms with Crippen LogP contribution in [0.25, 0.3) is 0 Å². The number of benzene rings is 1. The second kappa shape index (κ2) is 9.64. The van der Waals surface area contributed by atoms with Crippen LogP contribution in [-0.2, 0) is 11.3 Å². The Balaban J connectivity index is 2.68. The first-order chi connectivity index (χ1) is 10.1. The van der Waals surface area contributed by atoms with E-state index in [1.807, 2.05) is 12.1 Å². The Bertz CT molecular complexity index is 407. The average Bonchev–Trinajstić information content (AvgIpc) is 2.44. The standard InChI is InChI=1S/C17H29NO3/c1-5-9-21-16-7-6-15(17(19)11-16)13-18(8-10-20-4)12-14(2)3/h6-7,11,14,19H,5,8-10,12-13H2,1-4H3. The third-order valence-electron chi connectivity index (χ3n) is 3.16. The zero-order valence-electron chi connectivity index (χ0n) is 13.8. The van der Waals surface area contributed by atoms with Gasteiger partial charge in [0.25, 0.3) is 0 Å². The van der Waals surface area contributed by atoms with Crippen LogP contribution in [-0.4, -0.2) is 43.4 Å². The average molecular weight is 295 g/mol. The monoisotopic (exact) mass is 295 g/mol. The summed E-state index contributed by atoms with van der Waals surface area (Å²) >= 11 is 0. The molecule has 0 saturated carbocycles. The molecule has 0 bridgehead atoms. The van der Waals surface area contributed by atoms with Gasteiger partial charge in [-0.1, -0.05) is 26.8 Å². The molecule has 0 spiro atoms. The fourth-order valence-electron chi connectivity index (χ4n) is 2.20. The summed E-state index contributed by atoms with van der Waals surface area (Å²) in [4.78, 5) is 2.30. The van der Waals surface area contributed by atoms with Crippen LogP contribution in [0.15, 0.2) is 18.2 Å². The Morgan fingerprint density at radius 3 is 2.57 bits per heavy atom. The maximum absolute atomic E-state index is 10.2. The van der Waals surface area contributed by atoms with Gasteiger partial charge in [-0.3, -0.25) is 4.90 Å². The van der Waals surface area contributed by atoms with E-state index in [1.54, 1.807) is 13.2 Å². The molecule has 0 amide bonds. The van der Waals surface area contributed by atoms with Gasteiger partial charge in [-0.15, -0.1) is 0 Å². The maximum atomic E-state index is 10.2. The molecule has 0 aliphatic heterocycles. The van der Waals surface area contributed by atoms with Gasteiger partial charge in [-0.05, 0) is 18.4 Å². The van der Waals surface area contributed by atoms with E-state index in [0.29, 0.717) is 24.9 Å². The molecule has 0 aliphatic carbocycles. The minimum Gasteiger partial charge on any atom is -0.507 e. The first-order valence-corrected chi connectivity index (χ1v) is 7.72.